The number of carbonyl (C=O) groups is 3. The molecule has 2 saturated heterocycles. The van der Waals surface area contributed by atoms with Crippen LogP contribution in [-0.2, 0) is 19.2 Å². The van der Waals surface area contributed by atoms with Gasteiger partial charge in [0.1, 0.15) is 12.0 Å². The molecule has 2 aromatic carbocycles. The number of thiophene rings is 1. The van der Waals surface area contributed by atoms with Gasteiger partial charge in [-0.2, -0.15) is 0 Å². The normalized spacial score (nSPS) is 22.1. The number of imide groups is 1. The Hall–Kier alpha value is -3.20. The average molecular weight is 483 g/mol. The van der Waals surface area contributed by atoms with Gasteiger partial charge in [0.05, 0.1) is 23.5 Å². The number of esters is 1. The van der Waals surface area contributed by atoms with E-state index in [1.165, 1.54) is 11.3 Å². The Bertz CT molecular complexity index is 1200. The highest BCUT2D eigenvalue weighted by atomic mass is 35.5. The molecule has 2 aliphatic rings. The number of hydroxylamine groups is 1. The summed E-state index contributed by atoms with van der Waals surface area (Å²) in [6, 6.07) is 16.7. The van der Waals surface area contributed by atoms with Crippen LogP contribution in [0.1, 0.15) is 28.2 Å². The number of halogens is 1. The molecule has 0 aliphatic carbocycles. The Morgan fingerprint density at radius 3 is 2.36 bits per heavy atom. The van der Waals surface area contributed by atoms with E-state index in [-0.39, 0.29) is 12.5 Å². The number of benzene rings is 2. The molecular formula is C24H19ClN2O5S. The third-order valence-electron chi connectivity index (χ3n) is 5.67. The minimum absolute atomic E-state index is 0.263. The van der Waals surface area contributed by atoms with Crippen molar-refractivity contribution < 1.29 is 24.0 Å². The van der Waals surface area contributed by atoms with Crippen LogP contribution in [0.2, 0.25) is 5.02 Å². The van der Waals surface area contributed by atoms with Gasteiger partial charge in [-0.1, -0.05) is 17.7 Å². The van der Waals surface area contributed by atoms with Crippen molar-refractivity contribution in [2.24, 2.45) is 5.92 Å². The van der Waals surface area contributed by atoms with E-state index in [2.05, 4.69) is 0 Å². The van der Waals surface area contributed by atoms with Gasteiger partial charge in [-0.15, -0.1) is 11.3 Å². The van der Waals surface area contributed by atoms with E-state index in [4.69, 9.17) is 21.2 Å². The van der Waals surface area contributed by atoms with Crippen molar-refractivity contribution in [2.75, 3.05) is 16.6 Å². The monoisotopic (exact) mass is 482 g/mol. The van der Waals surface area contributed by atoms with Crippen LogP contribution >= 0.6 is 22.9 Å². The van der Waals surface area contributed by atoms with E-state index in [1.54, 1.807) is 60.5 Å². The van der Waals surface area contributed by atoms with Gasteiger partial charge in [-0.3, -0.25) is 14.4 Å². The molecule has 9 heteroatoms. The topological polar surface area (TPSA) is 76.2 Å². The van der Waals surface area contributed by atoms with Gasteiger partial charge in [0.15, 0.2) is 6.10 Å². The Kier molecular flexibility index (Phi) is 5.65. The first-order valence-electron chi connectivity index (χ1n) is 10.4. The standard InChI is InChI=1S/C24H19ClN2O5S/c1-2-31-24(30)14-5-9-16(10-6-14)26-22(28)19-20(18-4-3-13-33-18)27(32-21(19)23(26)29)17-11-7-15(25)8-12-17/h3-13,19-21H,2H2,1H3/t19-,20+,21-/m1/s1. The van der Waals surface area contributed by atoms with E-state index < -0.39 is 29.9 Å². The molecule has 0 radical (unpaired) electrons. The number of fused-ring (bicyclic) bond motifs is 1. The van der Waals surface area contributed by atoms with Gasteiger partial charge in [0, 0.05) is 9.90 Å². The van der Waals surface area contributed by atoms with Crippen LogP contribution in [0, 0.1) is 5.92 Å². The highest BCUT2D eigenvalue weighted by Gasteiger charge is 2.60. The van der Waals surface area contributed by atoms with Crippen LogP contribution < -0.4 is 9.96 Å². The van der Waals surface area contributed by atoms with Crippen LogP contribution in [0.4, 0.5) is 11.4 Å². The quantitative estimate of drug-likeness (QED) is 0.390. The second kappa shape index (κ2) is 8.62. The lowest BCUT2D eigenvalue weighted by Crippen LogP contribution is -2.37. The van der Waals surface area contributed by atoms with E-state index in [9.17, 15) is 14.4 Å². The molecule has 0 saturated carbocycles. The Morgan fingerprint density at radius 2 is 1.73 bits per heavy atom. The second-order valence-electron chi connectivity index (χ2n) is 7.59. The molecule has 0 unspecified atom stereocenters. The molecule has 2 aliphatic heterocycles. The maximum absolute atomic E-state index is 13.5. The number of amides is 2. The predicted octanol–water partition coefficient (Wildman–Crippen LogP) is 4.63. The number of hydrogen-bond donors (Lipinski definition) is 0. The van der Waals surface area contributed by atoms with Gasteiger partial charge < -0.3 is 4.74 Å². The number of hydrogen-bond acceptors (Lipinski definition) is 7. The molecule has 7 nitrogen and oxygen atoms in total. The van der Waals surface area contributed by atoms with Gasteiger partial charge >= 0.3 is 5.97 Å². The number of ether oxygens (including phenoxy) is 1. The molecule has 0 spiro atoms. The van der Waals surface area contributed by atoms with Gasteiger partial charge in [0.25, 0.3) is 5.91 Å². The molecule has 3 heterocycles. The molecule has 0 bridgehead atoms. The third-order valence-corrected chi connectivity index (χ3v) is 6.86. The number of anilines is 2. The van der Waals surface area contributed by atoms with E-state index in [0.717, 1.165) is 9.78 Å². The average Bonchev–Trinajstić information content (AvgIpc) is 3.52. The fraction of sp³-hybridized carbons (Fsp3) is 0.208. The highest BCUT2D eigenvalue weighted by Crippen LogP contribution is 2.48. The van der Waals surface area contributed by atoms with Crippen LogP contribution in [0.15, 0.2) is 66.0 Å². The third kappa shape index (κ3) is 3.70. The van der Waals surface area contributed by atoms with Gasteiger partial charge in [-0.05, 0) is 66.9 Å². The molecule has 0 N–H and O–H groups in total. The summed E-state index contributed by atoms with van der Waals surface area (Å²) < 4.78 is 4.99. The van der Waals surface area contributed by atoms with Crippen molar-refractivity contribution in [3.63, 3.8) is 0 Å². The number of nitrogens with zero attached hydrogens (tertiary/aromatic N) is 2. The first-order chi connectivity index (χ1) is 16.0. The van der Waals surface area contributed by atoms with Crippen LogP contribution in [0.5, 0.6) is 0 Å². The van der Waals surface area contributed by atoms with Gasteiger partial charge in [-0.25, -0.2) is 14.8 Å². The van der Waals surface area contributed by atoms with E-state index in [1.807, 2.05) is 17.5 Å². The molecule has 3 atom stereocenters. The molecular weight excluding hydrogens is 464 g/mol. The van der Waals surface area contributed by atoms with Crippen molar-refractivity contribution in [1.82, 2.24) is 0 Å². The van der Waals surface area contributed by atoms with Crippen molar-refractivity contribution >= 4 is 52.1 Å². The lowest BCUT2D eigenvalue weighted by molar-refractivity contribution is -0.126. The summed E-state index contributed by atoms with van der Waals surface area (Å²) in [5, 5.41) is 4.14. The first kappa shape index (κ1) is 21.6. The minimum atomic E-state index is -0.954. The van der Waals surface area contributed by atoms with Crippen LogP contribution in [-0.4, -0.2) is 30.5 Å². The highest BCUT2D eigenvalue weighted by molar-refractivity contribution is 7.10. The summed E-state index contributed by atoms with van der Waals surface area (Å²) in [6.45, 7) is 1.99. The molecule has 1 aromatic heterocycles. The zero-order valence-corrected chi connectivity index (χ0v) is 19.1. The zero-order valence-electron chi connectivity index (χ0n) is 17.5. The lowest BCUT2D eigenvalue weighted by atomic mass is 9.95. The van der Waals surface area contributed by atoms with Crippen LogP contribution in [0.25, 0.3) is 0 Å². The van der Waals surface area contributed by atoms with E-state index in [0.29, 0.717) is 22.0 Å². The summed E-state index contributed by atoms with van der Waals surface area (Å²) in [5.74, 6) is -1.95. The molecule has 3 aromatic rings. The maximum atomic E-state index is 13.5. The maximum Gasteiger partial charge on any atom is 0.338 e. The summed E-state index contributed by atoms with van der Waals surface area (Å²) in [5.41, 5.74) is 1.44. The number of rotatable bonds is 5. The Morgan fingerprint density at radius 1 is 1.03 bits per heavy atom. The SMILES string of the molecule is CCOC(=O)c1ccc(N2C(=O)[C@H]3[C@@H](ON(c4ccc(Cl)cc4)[C@H]3c3cccs3)C2=O)cc1. The zero-order chi connectivity index (χ0) is 23.1. The van der Waals surface area contributed by atoms with Crippen molar-refractivity contribution in [1.29, 1.82) is 0 Å². The molecule has 168 valence electrons. The van der Waals surface area contributed by atoms with Gasteiger partial charge in [0.2, 0.25) is 5.91 Å². The lowest BCUT2D eigenvalue weighted by Gasteiger charge is -2.27. The predicted molar refractivity (Wildman–Crippen MR) is 124 cm³/mol. The fourth-order valence-electron chi connectivity index (χ4n) is 4.19. The second-order valence-corrected chi connectivity index (χ2v) is 9.01. The summed E-state index contributed by atoms with van der Waals surface area (Å²) in [6.07, 6.45) is -0.954. The summed E-state index contributed by atoms with van der Waals surface area (Å²) in [4.78, 5) is 46.9. The molecule has 2 fully saturated rings. The first-order valence-corrected chi connectivity index (χ1v) is 11.7. The molecule has 5 rings (SSSR count). The van der Waals surface area contributed by atoms with Crippen molar-refractivity contribution in [3.8, 4) is 0 Å². The number of carbonyl (C=O) groups excluding carboxylic acids is 3. The molecule has 33 heavy (non-hydrogen) atoms. The molecule has 2 amide bonds. The van der Waals surface area contributed by atoms with Crippen LogP contribution in [0.3, 0.4) is 0 Å². The fourth-order valence-corrected chi connectivity index (χ4v) is 5.17. The smallest absolute Gasteiger partial charge is 0.338 e. The Balaban J connectivity index is 1.48. The summed E-state index contributed by atoms with van der Waals surface area (Å²) in [7, 11) is 0. The largest absolute Gasteiger partial charge is 0.462 e. The minimum Gasteiger partial charge on any atom is -0.462 e. The van der Waals surface area contributed by atoms with E-state index >= 15 is 0 Å². The van der Waals surface area contributed by atoms with Crippen molar-refractivity contribution in [2.45, 2.75) is 19.1 Å². The Labute approximate surface area is 199 Å². The summed E-state index contributed by atoms with van der Waals surface area (Å²) >= 11 is 7.53. The van der Waals surface area contributed by atoms with Crippen molar-refractivity contribution in [3.05, 3.63) is 81.5 Å².